The Morgan fingerprint density at radius 1 is 1.32 bits per heavy atom. The quantitative estimate of drug-likeness (QED) is 0.911. The average molecular weight is 361 g/mol. The van der Waals surface area contributed by atoms with Crippen LogP contribution in [0, 0.1) is 11.7 Å². The van der Waals surface area contributed by atoms with Crippen LogP contribution in [0.2, 0.25) is 0 Å². The molecule has 0 aliphatic carbocycles. The van der Waals surface area contributed by atoms with Gasteiger partial charge in [-0.25, -0.2) is 9.37 Å². The van der Waals surface area contributed by atoms with Crippen molar-refractivity contribution >= 4 is 23.2 Å². The van der Waals surface area contributed by atoms with Crippen LogP contribution >= 0.6 is 11.3 Å². The smallest absolute Gasteiger partial charge is 0.265 e. The van der Waals surface area contributed by atoms with Crippen LogP contribution in [-0.4, -0.2) is 41.3 Å². The highest BCUT2D eigenvalue weighted by Gasteiger charge is 2.25. The molecule has 0 unspecified atom stereocenters. The Bertz CT molecular complexity index is 769. The van der Waals surface area contributed by atoms with Gasteiger partial charge < -0.3 is 10.2 Å². The van der Waals surface area contributed by atoms with Crippen molar-refractivity contribution in [1.29, 1.82) is 0 Å². The molecule has 1 aliphatic heterocycles. The van der Waals surface area contributed by atoms with Crippen molar-refractivity contribution in [2.45, 2.75) is 19.8 Å². The maximum Gasteiger partial charge on any atom is 0.265 e. The van der Waals surface area contributed by atoms with E-state index in [9.17, 15) is 14.0 Å². The summed E-state index contributed by atoms with van der Waals surface area (Å²) < 4.78 is 13.9. The Morgan fingerprint density at radius 2 is 2.04 bits per heavy atom. The Kier molecular flexibility index (Phi) is 5.43. The Hall–Kier alpha value is -2.28. The first-order valence-electron chi connectivity index (χ1n) is 8.29. The standard InChI is InChI=1S/C18H20FN3O2S/c1-12(23)20-10-13-6-8-22(9-7-13)18(24)16-11-21-17(25-16)14-4-2-3-5-15(14)19/h2-5,11,13H,6-10H2,1H3,(H,20,23). The van der Waals surface area contributed by atoms with Gasteiger partial charge in [-0.3, -0.25) is 9.59 Å². The molecule has 1 N–H and O–H groups in total. The van der Waals surface area contributed by atoms with Gasteiger partial charge in [-0.05, 0) is 30.9 Å². The second-order valence-electron chi connectivity index (χ2n) is 6.18. The minimum atomic E-state index is -0.338. The van der Waals surface area contributed by atoms with Crippen LogP contribution < -0.4 is 5.32 Å². The van der Waals surface area contributed by atoms with Crippen LogP contribution in [0.15, 0.2) is 30.5 Å². The number of hydrogen-bond donors (Lipinski definition) is 1. The second kappa shape index (κ2) is 7.74. The van der Waals surface area contributed by atoms with Gasteiger partial charge in [0.05, 0.1) is 6.20 Å². The fourth-order valence-electron chi connectivity index (χ4n) is 2.92. The fourth-order valence-corrected chi connectivity index (χ4v) is 3.83. The molecule has 5 nitrogen and oxygen atoms in total. The number of nitrogens with one attached hydrogen (secondary N) is 1. The number of rotatable bonds is 4. The normalized spacial score (nSPS) is 15.2. The molecule has 0 saturated carbocycles. The molecule has 132 valence electrons. The third kappa shape index (κ3) is 4.22. The molecule has 0 atom stereocenters. The summed E-state index contributed by atoms with van der Waals surface area (Å²) in [6.07, 6.45) is 3.26. The zero-order valence-corrected chi connectivity index (χ0v) is 14.8. The number of hydrogen-bond acceptors (Lipinski definition) is 4. The first-order valence-corrected chi connectivity index (χ1v) is 9.10. The van der Waals surface area contributed by atoms with Crippen molar-refractivity contribution in [3.05, 3.63) is 41.2 Å². The predicted molar refractivity (Wildman–Crippen MR) is 94.8 cm³/mol. The van der Waals surface area contributed by atoms with Gasteiger partial charge in [0, 0.05) is 32.1 Å². The molecule has 0 radical (unpaired) electrons. The Morgan fingerprint density at radius 3 is 2.72 bits per heavy atom. The summed E-state index contributed by atoms with van der Waals surface area (Å²) >= 11 is 1.22. The Balaban J connectivity index is 1.61. The van der Waals surface area contributed by atoms with Gasteiger partial charge in [0.15, 0.2) is 0 Å². The zero-order chi connectivity index (χ0) is 17.8. The third-order valence-electron chi connectivity index (χ3n) is 4.36. The van der Waals surface area contributed by atoms with E-state index in [4.69, 9.17) is 0 Å². The van der Waals surface area contributed by atoms with Crippen molar-refractivity contribution in [2.75, 3.05) is 19.6 Å². The lowest BCUT2D eigenvalue weighted by Crippen LogP contribution is -2.41. The summed E-state index contributed by atoms with van der Waals surface area (Å²) in [7, 11) is 0. The van der Waals surface area contributed by atoms with Crippen LogP contribution in [-0.2, 0) is 4.79 Å². The summed E-state index contributed by atoms with van der Waals surface area (Å²) in [6, 6.07) is 6.43. The number of halogens is 1. The van der Waals surface area contributed by atoms with Crippen LogP contribution in [0.5, 0.6) is 0 Å². The Labute approximate surface area is 149 Å². The number of aromatic nitrogens is 1. The lowest BCUT2D eigenvalue weighted by molar-refractivity contribution is -0.119. The van der Waals surface area contributed by atoms with Gasteiger partial charge in [0.25, 0.3) is 5.91 Å². The fraction of sp³-hybridized carbons (Fsp3) is 0.389. The first kappa shape index (κ1) is 17.5. The zero-order valence-electron chi connectivity index (χ0n) is 14.0. The number of benzene rings is 1. The van der Waals surface area contributed by atoms with Gasteiger partial charge in [-0.1, -0.05) is 12.1 Å². The summed E-state index contributed by atoms with van der Waals surface area (Å²) in [5, 5.41) is 3.35. The van der Waals surface area contributed by atoms with Gasteiger partial charge in [-0.15, -0.1) is 11.3 Å². The molecular weight excluding hydrogens is 341 g/mol. The van der Waals surface area contributed by atoms with Gasteiger partial charge in [-0.2, -0.15) is 0 Å². The molecule has 25 heavy (non-hydrogen) atoms. The first-order chi connectivity index (χ1) is 12.0. The minimum Gasteiger partial charge on any atom is -0.356 e. The molecule has 3 rings (SSSR count). The molecule has 1 aliphatic rings. The average Bonchev–Trinajstić information content (AvgIpc) is 3.10. The SMILES string of the molecule is CC(=O)NCC1CCN(C(=O)c2cnc(-c3ccccc3F)s2)CC1. The van der Waals surface area contributed by atoms with Crippen LogP contribution in [0.25, 0.3) is 10.6 Å². The van der Waals surface area contributed by atoms with Crippen LogP contribution in [0.3, 0.4) is 0 Å². The monoisotopic (exact) mass is 361 g/mol. The summed E-state index contributed by atoms with van der Waals surface area (Å²) in [6.45, 7) is 3.50. The van der Waals surface area contributed by atoms with E-state index >= 15 is 0 Å². The topological polar surface area (TPSA) is 62.3 Å². The van der Waals surface area contributed by atoms with E-state index in [0.29, 0.717) is 41.0 Å². The predicted octanol–water partition coefficient (Wildman–Crippen LogP) is 2.94. The van der Waals surface area contributed by atoms with E-state index < -0.39 is 0 Å². The van der Waals surface area contributed by atoms with Crippen molar-refractivity contribution in [3.8, 4) is 10.6 Å². The highest BCUT2D eigenvalue weighted by atomic mass is 32.1. The molecule has 2 heterocycles. The maximum absolute atomic E-state index is 13.9. The molecule has 1 aromatic heterocycles. The lowest BCUT2D eigenvalue weighted by atomic mass is 9.96. The number of likely N-dealkylation sites (tertiary alicyclic amines) is 1. The molecule has 2 amide bonds. The van der Waals surface area contributed by atoms with Crippen molar-refractivity contribution in [1.82, 2.24) is 15.2 Å². The summed E-state index contributed by atoms with van der Waals surface area (Å²) in [5.41, 5.74) is 0.417. The number of thiazole rings is 1. The van der Waals surface area contributed by atoms with Gasteiger partial charge >= 0.3 is 0 Å². The van der Waals surface area contributed by atoms with Crippen molar-refractivity contribution < 1.29 is 14.0 Å². The van der Waals surface area contributed by atoms with Crippen LogP contribution in [0.1, 0.15) is 29.4 Å². The minimum absolute atomic E-state index is 0.0242. The van der Waals surface area contributed by atoms with E-state index in [2.05, 4.69) is 10.3 Å². The van der Waals surface area contributed by atoms with Gasteiger partial charge in [0.2, 0.25) is 5.91 Å². The highest BCUT2D eigenvalue weighted by Crippen LogP contribution is 2.28. The molecule has 2 aromatic rings. The number of nitrogens with zero attached hydrogens (tertiary/aromatic N) is 2. The summed E-state index contributed by atoms with van der Waals surface area (Å²) in [4.78, 5) is 30.2. The van der Waals surface area contributed by atoms with E-state index in [1.807, 2.05) is 4.90 Å². The second-order valence-corrected chi connectivity index (χ2v) is 7.21. The van der Waals surface area contributed by atoms with E-state index in [0.717, 1.165) is 12.8 Å². The third-order valence-corrected chi connectivity index (χ3v) is 5.38. The molecule has 1 fully saturated rings. The van der Waals surface area contributed by atoms with Crippen molar-refractivity contribution in [2.24, 2.45) is 5.92 Å². The molecular formula is C18H20FN3O2S. The van der Waals surface area contributed by atoms with Crippen LogP contribution in [0.4, 0.5) is 4.39 Å². The van der Waals surface area contributed by atoms with E-state index in [1.165, 1.54) is 30.5 Å². The number of carbonyl (C=O) groups is 2. The summed E-state index contributed by atoms with van der Waals surface area (Å²) in [5.74, 6) is -0.0140. The van der Waals surface area contributed by atoms with E-state index in [1.54, 1.807) is 18.2 Å². The largest absolute Gasteiger partial charge is 0.356 e. The number of carbonyl (C=O) groups excluding carboxylic acids is 2. The molecule has 1 saturated heterocycles. The molecule has 1 aromatic carbocycles. The van der Waals surface area contributed by atoms with Gasteiger partial charge in [0.1, 0.15) is 15.7 Å². The molecule has 7 heteroatoms. The maximum atomic E-state index is 13.9. The number of amides is 2. The van der Waals surface area contributed by atoms with Crippen molar-refractivity contribution in [3.63, 3.8) is 0 Å². The highest BCUT2D eigenvalue weighted by molar-refractivity contribution is 7.16. The lowest BCUT2D eigenvalue weighted by Gasteiger charge is -2.31. The van der Waals surface area contributed by atoms with E-state index in [-0.39, 0.29) is 17.6 Å². The molecule has 0 bridgehead atoms. The molecule has 0 spiro atoms. The number of piperidine rings is 1.